The minimum atomic E-state index is -1.08. The van der Waals surface area contributed by atoms with Gasteiger partial charge in [0.1, 0.15) is 0 Å². The van der Waals surface area contributed by atoms with E-state index in [2.05, 4.69) is 15.8 Å². The van der Waals surface area contributed by atoms with Crippen molar-refractivity contribution in [2.45, 2.75) is 6.42 Å². The minimum Gasteiger partial charge on any atom is -0.465 e. The highest BCUT2D eigenvalue weighted by atomic mass is 16.5. The summed E-state index contributed by atoms with van der Waals surface area (Å²) in [6.45, 7) is 0.635. The second-order valence-corrected chi connectivity index (χ2v) is 4.28. The predicted molar refractivity (Wildman–Crippen MR) is 74.9 cm³/mol. The Morgan fingerprint density at radius 3 is 2.57 bits per heavy atom. The molecule has 0 aliphatic carbocycles. The molecule has 7 heteroatoms. The number of benzene rings is 1. The second-order valence-electron chi connectivity index (χ2n) is 4.28. The lowest BCUT2D eigenvalue weighted by Crippen LogP contribution is -2.29. The molecule has 0 aliphatic heterocycles. The summed E-state index contributed by atoms with van der Waals surface area (Å²) in [4.78, 5) is 22.1. The molecule has 0 saturated heterocycles. The predicted octanol–water partition coefficient (Wildman–Crippen LogP) is 1.73. The van der Waals surface area contributed by atoms with E-state index >= 15 is 0 Å². The molecule has 21 heavy (non-hydrogen) atoms. The van der Waals surface area contributed by atoms with Gasteiger partial charge in [0, 0.05) is 24.7 Å². The van der Waals surface area contributed by atoms with Crippen LogP contribution in [0.25, 0.3) is 11.3 Å². The van der Waals surface area contributed by atoms with Crippen molar-refractivity contribution in [2.75, 3.05) is 13.1 Å². The molecule has 2 rings (SSSR count). The van der Waals surface area contributed by atoms with Gasteiger partial charge in [-0.25, -0.2) is 4.79 Å². The van der Waals surface area contributed by atoms with Crippen LogP contribution in [0.3, 0.4) is 0 Å². The maximum atomic E-state index is 11.8. The number of nitrogens with one attached hydrogen (secondary N) is 2. The van der Waals surface area contributed by atoms with Crippen LogP contribution in [-0.2, 0) is 0 Å². The van der Waals surface area contributed by atoms with Gasteiger partial charge in [-0.05, 0) is 6.42 Å². The molecule has 0 atom stereocenters. The van der Waals surface area contributed by atoms with Crippen LogP contribution in [0.2, 0.25) is 0 Å². The van der Waals surface area contributed by atoms with E-state index in [1.807, 2.05) is 30.3 Å². The number of amides is 2. The molecule has 7 nitrogen and oxygen atoms in total. The number of hydrogen-bond acceptors (Lipinski definition) is 4. The van der Waals surface area contributed by atoms with Crippen molar-refractivity contribution in [1.82, 2.24) is 15.8 Å². The van der Waals surface area contributed by atoms with Crippen molar-refractivity contribution in [3.05, 3.63) is 42.1 Å². The van der Waals surface area contributed by atoms with Gasteiger partial charge in [-0.2, -0.15) is 0 Å². The molecule has 2 aromatic rings. The number of carbonyl (C=O) groups is 2. The number of rotatable bonds is 6. The molecule has 2 amide bonds. The summed E-state index contributed by atoms with van der Waals surface area (Å²) in [5, 5.41) is 17.0. The fraction of sp³-hybridized carbons (Fsp3) is 0.214. The van der Waals surface area contributed by atoms with Gasteiger partial charge in [-0.3, -0.25) is 4.79 Å². The van der Waals surface area contributed by atoms with Gasteiger partial charge in [0.15, 0.2) is 11.5 Å². The lowest BCUT2D eigenvalue weighted by molar-refractivity contribution is 0.0944. The Kier molecular flexibility index (Phi) is 4.92. The Morgan fingerprint density at radius 1 is 1.14 bits per heavy atom. The Hall–Kier alpha value is -2.83. The van der Waals surface area contributed by atoms with Crippen molar-refractivity contribution < 1.29 is 19.2 Å². The fourth-order valence-corrected chi connectivity index (χ4v) is 1.70. The number of aromatic nitrogens is 1. The number of carbonyl (C=O) groups excluding carboxylic acids is 1. The summed E-state index contributed by atoms with van der Waals surface area (Å²) in [7, 11) is 0. The third-order valence-corrected chi connectivity index (χ3v) is 2.72. The first-order valence-electron chi connectivity index (χ1n) is 6.44. The van der Waals surface area contributed by atoms with Gasteiger partial charge in [0.2, 0.25) is 0 Å². The van der Waals surface area contributed by atoms with E-state index in [1.54, 1.807) is 6.07 Å². The molecule has 0 spiro atoms. The van der Waals surface area contributed by atoms with E-state index in [0.717, 1.165) is 5.56 Å². The lowest BCUT2D eigenvalue weighted by atomic mass is 10.1. The second kappa shape index (κ2) is 7.09. The van der Waals surface area contributed by atoms with Gasteiger partial charge in [-0.15, -0.1) is 0 Å². The topological polar surface area (TPSA) is 104 Å². The standard InChI is InChI=1S/C14H15N3O4/c18-13(15-7-4-8-16-14(19)20)11-9-12(21-17-11)10-5-2-1-3-6-10/h1-3,5-6,9,16H,4,7-8H2,(H,15,18)(H,19,20). The van der Waals surface area contributed by atoms with Crippen LogP contribution in [0.15, 0.2) is 40.9 Å². The van der Waals surface area contributed by atoms with Gasteiger partial charge in [0.25, 0.3) is 5.91 Å². The molecule has 3 N–H and O–H groups in total. The molecular formula is C14H15N3O4. The lowest BCUT2D eigenvalue weighted by Gasteiger charge is -2.02. The summed E-state index contributed by atoms with van der Waals surface area (Å²) >= 11 is 0. The van der Waals surface area contributed by atoms with Crippen LogP contribution in [0.5, 0.6) is 0 Å². The highest BCUT2D eigenvalue weighted by Gasteiger charge is 2.12. The summed E-state index contributed by atoms with van der Waals surface area (Å²) in [6.07, 6.45) is -0.577. The Labute approximate surface area is 120 Å². The molecule has 0 bridgehead atoms. The van der Waals surface area contributed by atoms with Crippen molar-refractivity contribution in [2.24, 2.45) is 0 Å². The first kappa shape index (κ1) is 14.6. The third-order valence-electron chi connectivity index (χ3n) is 2.72. The summed E-state index contributed by atoms with van der Waals surface area (Å²) in [5.41, 5.74) is 1.04. The molecule has 0 fully saturated rings. The Bertz CT molecular complexity index is 610. The van der Waals surface area contributed by atoms with Gasteiger partial charge >= 0.3 is 6.09 Å². The average molecular weight is 289 g/mol. The molecule has 1 aromatic carbocycles. The minimum absolute atomic E-state index is 0.194. The van der Waals surface area contributed by atoms with Crippen LogP contribution in [0.4, 0.5) is 4.79 Å². The maximum absolute atomic E-state index is 11.8. The smallest absolute Gasteiger partial charge is 0.404 e. The van der Waals surface area contributed by atoms with Crippen LogP contribution in [0, 0.1) is 0 Å². The number of nitrogens with zero attached hydrogens (tertiary/aromatic N) is 1. The fourth-order valence-electron chi connectivity index (χ4n) is 1.70. The average Bonchev–Trinajstić information content (AvgIpc) is 2.97. The van der Waals surface area contributed by atoms with Gasteiger partial charge in [0.05, 0.1) is 0 Å². The zero-order valence-electron chi connectivity index (χ0n) is 11.2. The summed E-state index contributed by atoms with van der Waals surface area (Å²) in [6, 6.07) is 10.9. The van der Waals surface area contributed by atoms with Crippen molar-refractivity contribution >= 4 is 12.0 Å². The van der Waals surface area contributed by atoms with E-state index in [-0.39, 0.29) is 18.1 Å². The quantitative estimate of drug-likeness (QED) is 0.702. The molecule has 110 valence electrons. The van der Waals surface area contributed by atoms with Gasteiger partial charge in [-0.1, -0.05) is 35.5 Å². The van der Waals surface area contributed by atoms with Crippen LogP contribution in [0.1, 0.15) is 16.9 Å². The first-order valence-corrected chi connectivity index (χ1v) is 6.44. The first-order chi connectivity index (χ1) is 10.2. The van der Waals surface area contributed by atoms with Crippen LogP contribution in [-0.4, -0.2) is 35.4 Å². The number of hydrogen-bond donors (Lipinski definition) is 3. The van der Waals surface area contributed by atoms with Crippen LogP contribution < -0.4 is 10.6 Å². The largest absolute Gasteiger partial charge is 0.465 e. The summed E-state index contributed by atoms with van der Waals surface area (Å²) in [5.74, 6) is 0.171. The van der Waals surface area contributed by atoms with E-state index in [1.165, 1.54) is 0 Å². The van der Waals surface area contributed by atoms with Crippen LogP contribution >= 0.6 is 0 Å². The molecule has 1 aromatic heterocycles. The normalized spacial score (nSPS) is 10.1. The van der Waals surface area contributed by atoms with E-state index in [9.17, 15) is 9.59 Å². The van der Waals surface area contributed by atoms with Gasteiger partial charge < -0.3 is 20.3 Å². The van der Waals surface area contributed by atoms with E-state index in [4.69, 9.17) is 9.63 Å². The monoisotopic (exact) mass is 289 g/mol. The molecular weight excluding hydrogens is 274 g/mol. The highest BCUT2D eigenvalue weighted by molar-refractivity contribution is 5.93. The van der Waals surface area contributed by atoms with Crippen molar-refractivity contribution in [1.29, 1.82) is 0 Å². The highest BCUT2D eigenvalue weighted by Crippen LogP contribution is 2.19. The molecule has 0 saturated carbocycles. The molecule has 0 unspecified atom stereocenters. The SMILES string of the molecule is O=C(O)NCCCNC(=O)c1cc(-c2ccccc2)on1. The Morgan fingerprint density at radius 2 is 1.86 bits per heavy atom. The molecule has 1 heterocycles. The molecule has 0 aliphatic rings. The van der Waals surface area contributed by atoms with E-state index < -0.39 is 6.09 Å². The molecule has 0 radical (unpaired) electrons. The summed E-state index contributed by atoms with van der Waals surface area (Å²) < 4.78 is 5.13. The third kappa shape index (κ3) is 4.34. The maximum Gasteiger partial charge on any atom is 0.404 e. The Balaban J connectivity index is 1.84. The van der Waals surface area contributed by atoms with Crippen molar-refractivity contribution in [3.8, 4) is 11.3 Å². The zero-order valence-corrected chi connectivity index (χ0v) is 11.2. The zero-order chi connectivity index (χ0) is 15.1. The van der Waals surface area contributed by atoms with Crippen molar-refractivity contribution in [3.63, 3.8) is 0 Å². The number of carboxylic acid groups (broad SMARTS) is 1. The van der Waals surface area contributed by atoms with E-state index in [0.29, 0.717) is 18.7 Å².